The van der Waals surface area contributed by atoms with Crippen molar-refractivity contribution in [3.05, 3.63) is 59.7 Å². The van der Waals surface area contributed by atoms with Crippen LogP contribution in [0.15, 0.2) is 48.5 Å². The fourth-order valence-corrected chi connectivity index (χ4v) is 3.87. The molecule has 0 aliphatic heterocycles. The third kappa shape index (κ3) is 4.08. The minimum absolute atomic E-state index is 0.0178. The molecule has 0 aromatic heterocycles. The molecule has 2 aliphatic carbocycles. The van der Waals surface area contributed by atoms with Gasteiger partial charge in [0.25, 0.3) is 0 Å². The van der Waals surface area contributed by atoms with Gasteiger partial charge in [0.05, 0.1) is 0 Å². The minimum Gasteiger partial charge on any atom is -0.480 e. The van der Waals surface area contributed by atoms with E-state index in [2.05, 4.69) is 22.8 Å². The lowest BCUT2D eigenvalue weighted by Crippen LogP contribution is -2.49. The molecule has 4 rings (SSSR count). The summed E-state index contributed by atoms with van der Waals surface area (Å²) in [5.74, 6) is -1.67. The van der Waals surface area contributed by atoms with Crippen LogP contribution in [-0.4, -0.2) is 42.3 Å². The van der Waals surface area contributed by atoms with E-state index in [4.69, 9.17) is 9.84 Å². The molecule has 2 aromatic rings. The maximum atomic E-state index is 12.4. The number of aliphatic carboxylic acids is 1. The van der Waals surface area contributed by atoms with Crippen molar-refractivity contribution in [2.45, 2.75) is 24.8 Å². The van der Waals surface area contributed by atoms with Gasteiger partial charge in [0, 0.05) is 5.92 Å². The van der Waals surface area contributed by atoms with Crippen molar-refractivity contribution in [1.82, 2.24) is 10.6 Å². The number of carbonyl (C=O) groups is 3. The predicted molar refractivity (Wildman–Crippen MR) is 105 cm³/mol. The van der Waals surface area contributed by atoms with Gasteiger partial charge in [0.1, 0.15) is 19.2 Å². The monoisotopic (exact) mass is 394 g/mol. The number of nitrogens with one attached hydrogen (secondary N) is 2. The number of ether oxygens (including phenoxy) is 1. The molecular weight excluding hydrogens is 372 g/mol. The van der Waals surface area contributed by atoms with Crippen LogP contribution in [0.4, 0.5) is 4.79 Å². The number of carboxylic acid groups (broad SMARTS) is 1. The highest BCUT2D eigenvalue weighted by atomic mass is 16.5. The topological polar surface area (TPSA) is 105 Å². The van der Waals surface area contributed by atoms with Crippen molar-refractivity contribution in [1.29, 1.82) is 0 Å². The molecular formula is C22H22N2O5. The molecule has 0 saturated heterocycles. The Morgan fingerprint density at radius 3 is 2.14 bits per heavy atom. The molecule has 7 nitrogen and oxygen atoms in total. The summed E-state index contributed by atoms with van der Waals surface area (Å²) in [5, 5.41) is 13.7. The number of carboxylic acids is 1. The van der Waals surface area contributed by atoms with E-state index < -0.39 is 30.6 Å². The van der Waals surface area contributed by atoms with Gasteiger partial charge in [-0.05, 0) is 41.0 Å². The number of rotatable bonds is 7. The zero-order valence-electron chi connectivity index (χ0n) is 15.8. The van der Waals surface area contributed by atoms with Gasteiger partial charge >= 0.3 is 12.1 Å². The van der Waals surface area contributed by atoms with Crippen LogP contribution in [0.5, 0.6) is 0 Å². The summed E-state index contributed by atoms with van der Waals surface area (Å²) in [6.45, 7) is -0.317. The zero-order chi connectivity index (χ0) is 20.4. The fourth-order valence-electron chi connectivity index (χ4n) is 3.87. The minimum atomic E-state index is -1.13. The number of hydrogen-bond donors (Lipinski definition) is 3. The summed E-state index contributed by atoms with van der Waals surface area (Å²) in [6.07, 6.45) is 0.957. The number of alkyl carbamates (subject to hydrolysis) is 1. The summed E-state index contributed by atoms with van der Waals surface area (Å²) >= 11 is 0. The molecule has 2 amide bonds. The van der Waals surface area contributed by atoms with Gasteiger partial charge in [0.15, 0.2) is 0 Å². The molecule has 2 aromatic carbocycles. The molecule has 150 valence electrons. The summed E-state index contributed by atoms with van der Waals surface area (Å²) in [7, 11) is 0. The lowest BCUT2D eigenvalue weighted by Gasteiger charge is -2.19. The van der Waals surface area contributed by atoms with E-state index in [9.17, 15) is 14.4 Å². The molecule has 1 unspecified atom stereocenters. The van der Waals surface area contributed by atoms with Crippen molar-refractivity contribution >= 4 is 18.0 Å². The van der Waals surface area contributed by atoms with Crippen molar-refractivity contribution in [2.24, 2.45) is 5.92 Å². The smallest absolute Gasteiger partial charge is 0.407 e. The second kappa shape index (κ2) is 7.95. The summed E-state index contributed by atoms with van der Waals surface area (Å²) < 4.78 is 5.48. The second-order valence-corrected chi connectivity index (χ2v) is 7.40. The Morgan fingerprint density at radius 1 is 1.00 bits per heavy atom. The fraction of sp³-hybridized carbons (Fsp3) is 0.318. The van der Waals surface area contributed by atoms with Crippen LogP contribution in [0.3, 0.4) is 0 Å². The van der Waals surface area contributed by atoms with Crippen LogP contribution in [-0.2, 0) is 14.3 Å². The number of benzene rings is 2. The van der Waals surface area contributed by atoms with E-state index in [1.807, 2.05) is 36.4 Å². The normalized spacial score (nSPS) is 15.7. The Morgan fingerprint density at radius 2 is 1.59 bits per heavy atom. The van der Waals surface area contributed by atoms with Crippen molar-refractivity contribution in [3.8, 4) is 11.1 Å². The first-order valence-electron chi connectivity index (χ1n) is 9.65. The van der Waals surface area contributed by atoms with E-state index in [0.717, 1.165) is 35.1 Å². The largest absolute Gasteiger partial charge is 0.480 e. The quantitative estimate of drug-likeness (QED) is 0.669. The molecule has 0 radical (unpaired) electrons. The Hall–Kier alpha value is -3.35. The third-order valence-electron chi connectivity index (χ3n) is 5.41. The molecule has 0 bridgehead atoms. The molecule has 3 N–H and O–H groups in total. The van der Waals surface area contributed by atoms with Gasteiger partial charge < -0.3 is 20.5 Å². The lowest BCUT2D eigenvalue weighted by atomic mass is 9.98. The Labute approximate surface area is 168 Å². The molecule has 7 heteroatoms. The highest BCUT2D eigenvalue weighted by Gasteiger charge is 2.38. The summed E-state index contributed by atoms with van der Waals surface area (Å²) in [6, 6.07) is 15.3. The van der Waals surface area contributed by atoms with E-state index in [-0.39, 0.29) is 18.4 Å². The maximum Gasteiger partial charge on any atom is 0.407 e. The summed E-state index contributed by atoms with van der Waals surface area (Å²) in [5.41, 5.74) is 4.50. The third-order valence-corrected chi connectivity index (χ3v) is 5.41. The van der Waals surface area contributed by atoms with E-state index >= 15 is 0 Å². The van der Waals surface area contributed by atoms with Crippen LogP contribution in [0, 0.1) is 5.92 Å². The Kier molecular flexibility index (Phi) is 5.20. The van der Waals surface area contributed by atoms with Crippen LogP contribution in [0.1, 0.15) is 29.9 Å². The van der Waals surface area contributed by atoms with Gasteiger partial charge in [-0.15, -0.1) is 0 Å². The van der Waals surface area contributed by atoms with Crippen LogP contribution >= 0.6 is 0 Å². The maximum absolute atomic E-state index is 12.4. The molecule has 1 saturated carbocycles. The second-order valence-electron chi connectivity index (χ2n) is 7.40. The van der Waals surface area contributed by atoms with Gasteiger partial charge in [0.2, 0.25) is 5.91 Å². The van der Waals surface area contributed by atoms with Crippen molar-refractivity contribution < 1.29 is 24.2 Å². The molecule has 2 aliphatic rings. The van der Waals surface area contributed by atoms with E-state index in [0.29, 0.717) is 0 Å². The SMILES string of the molecule is O=C(O)CNC(=O)C(NC(=O)OCC1c2ccccc2-c2ccccc21)C1CC1. The van der Waals surface area contributed by atoms with Crippen LogP contribution in [0.25, 0.3) is 11.1 Å². The molecule has 0 spiro atoms. The predicted octanol–water partition coefficient (Wildman–Crippen LogP) is 2.50. The van der Waals surface area contributed by atoms with Gasteiger partial charge in [-0.1, -0.05) is 48.5 Å². The highest BCUT2D eigenvalue weighted by Crippen LogP contribution is 2.44. The van der Waals surface area contributed by atoms with Crippen molar-refractivity contribution in [2.75, 3.05) is 13.2 Å². The standard InChI is InChI=1S/C22H22N2O5/c25-19(26)11-23-21(27)20(13-9-10-13)24-22(28)29-12-18-16-7-3-1-5-14(16)15-6-2-4-8-17(15)18/h1-8,13,18,20H,9-12H2,(H,23,27)(H,24,28)(H,25,26). The number of carbonyl (C=O) groups excluding carboxylic acids is 2. The number of amides is 2. The first-order chi connectivity index (χ1) is 14.0. The van der Waals surface area contributed by atoms with Crippen molar-refractivity contribution in [3.63, 3.8) is 0 Å². The number of fused-ring (bicyclic) bond motifs is 3. The summed E-state index contributed by atoms with van der Waals surface area (Å²) in [4.78, 5) is 35.2. The molecule has 1 fully saturated rings. The number of hydrogen-bond acceptors (Lipinski definition) is 4. The zero-order valence-corrected chi connectivity index (χ0v) is 15.8. The van der Waals surface area contributed by atoms with Gasteiger partial charge in [-0.25, -0.2) is 4.79 Å². The van der Waals surface area contributed by atoms with E-state index in [1.54, 1.807) is 0 Å². The molecule has 29 heavy (non-hydrogen) atoms. The Bertz CT molecular complexity index is 908. The first kappa shape index (κ1) is 19.0. The first-order valence-corrected chi connectivity index (χ1v) is 9.65. The lowest BCUT2D eigenvalue weighted by molar-refractivity contribution is -0.138. The van der Waals surface area contributed by atoms with Gasteiger partial charge in [-0.2, -0.15) is 0 Å². The average molecular weight is 394 g/mol. The Balaban J connectivity index is 1.40. The molecule has 0 heterocycles. The average Bonchev–Trinajstić information content (AvgIpc) is 3.51. The molecule has 1 atom stereocenters. The van der Waals surface area contributed by atoms with Gasteiger partial charge in [-0.3, -0.25) is 9.59 Å². The van der Waals surface area contributed by atoms with Crippen LogP contribution in [0.2, 0.25) is 0 Å². The van der Waals surface area contributed by atoms with Crippen LogP contribution < -0.4 is 10.6 Å². The van der Waals surface area contributed by atoms with E-state index in [1.165, 1.54) is 0 Å². The highest BCUT2D eigenvalue weighted by molar-refractivity contribution is 5.88.